The molecular weight excluding hydrogens is 234 g/mol. The minimum atomic E-state index is -0.830. The molecule has 5 nitrogen and oxygen atoms in total. The predicted molar refractivity (Wildman–Crippen MR) is 65.1 cm³/mol. The van der Waals surface area contributed by atoms with Gasteiger partial charge >= 0.3 is 0 Å². The Hall–Kier alpha value is -1.59. The Balaban J connectivity index is 1.73. The fourth-order valence-electron chi connectivity index (χ4n) is 1.90. The van der Waals surface area contributed by atoms with Crippen molar-refractivity contribution in [3.8, 4) is 5.75 Å². The van der Waals surface area contributed by atoms with Gasteiger partial charge in [0.2, 0.25) is 5.91 Å². The Labute approximate surface area is 106 Å². The summed E-state index contributed by atoms with van der Waals surface area (Å²) >= 11 is 0. The predicted octanol–water partition coefficient (Wildman–Crippen LogP) is 0.0195. The van der Waals surface area contributed by atoms with E-state index in [1.807, 2.05) is 30.3 Å². The first kappa shape index (κ1) is 12.9. The van der Waals surface area contributed by atoms with E-state index in [9.17, 15) is 15.0 Å². The average Bonchev–Trinajstić information content (AvgIpc) is 2.71. The van der Waals surface area contributed by atoms with E-state index in [0.29, 0.717) is 6.61 Å². The Morgan fingerprint density at radius 3 is 2.44 bits per heavy atom. The highest BCUT2D eigenvalue weighted by Gasteiger charge is 2.32. The average molecular weight is 251 g/mol. The van der Waals surface area contributed by atoms with Crippen LogP contribution in [0.1, 0.15) is 6.42 Å². The molecule has 1 amide bonds. The summed E-state index contributed by atoms with van der Waals surface area (Å²) in [7, 11) is 0. The standard InChI is InChI=1S/C13H17NO4/c15-11-8-14(9-12(11)16)13(17)6-7-18-10-4-2-1-3-5-10/h1-5,11-12,15-16H,6-9H2/t11-,12+. The number of benzene rings is 1. The van der Waals surface area contributed by atoms with Gasteiger partial charge in [0.1, 0.15) is 5.75 Å². The number of nitrogens with zero attached hydrogens (tertiary/aromatic N) is 1. The molecule has 1 aliphatic rings. The zero-order chi connectivity index (χ0) is 13.0. The maximum absolute atomic E-state index is 11.8. The molecule has 0 aromatic heterocycles. The molecule has 1 saturated heterocycles. The van der Waals surface area contributed by atoms with E-state index in [-0.39, 0.29) is 25.4 Å². The molecule has 0 spiro atoms. The van der Waals surface area contributed by atoms with Crippen LogP contribution >= 0.6 is 0 Å². The highest BCUT2D eigenvalue weighted by molar-refractivity contribution is 5.76. The number of para-hydroxylation sites is 1. The van der Waals surface area contributed by atoms with Gasteiger partial charge in [0, 0.05) is 13.1 Å². The van der Waals surface area contributed by atoms with Crippen molar-refractivity contribution in [2.75, 3.05) is 19.7 Å². The fraction of sp³-hybridized carbons (Fsp3) is 0.462. The molecule has 0 bridgehead atoms. The van der Waals surface area contributed by atoms with Crippen molar-refractivity contribution in [2.24, 2.45) is 0 Å². The third-order valence-electron chi connectivity index (χ3n) is 2.94. The zero-order valence-electron chi connectivity index (χ0n) is 10.0. The minimum absolute atomic E-state index is 0.110. The van der Waals surface area contributed by atoms with Crippen LogP contribution in [-0.4, -0.2) is 52.9 Å². The molecule has 0 radical (unpaired) electrons. The lowest BCUT2D eigenvalue weighted by molar-refractivity contribution is -0.131. The molecule has 0 aliphatic carbocycles. The van der Waals surface area contributed by atoms with Crippen LogP contribution in [0.25, 0.3) is 0 Å². The van der Waals surface area contributed by atoms with Crippen LogP contribution in [0.3, 0.4) is 0 Å². The number of likely N-dealkylation sites (tertiary alicyclic amines) is 1. The highest BCUT2D eigenvalue weighted by atomic mass is 16.5. The topological polar surface area (TPSA) is 70.0 Å². The number of amides is 1. The van der Waals surface area contributed by atoms with Gasteiger partial charge in [-0.1, -0.05) is 18.2 Å². The Kier molecular flexibility index (Phi) is 4.17. The van der Waals surface area contributed by atoms with E-state index in [0.717, 1.165) is 5.75 Å². The summed E-state index contributed by atoms with van der Waals surface area (Å²) < 4.78 is 5.42. The van der Waals surface area contributed by atoms with Crippen LogP contribution < -0.4 is 4.74 Å². The summed E-state index contributed by atoms with van der Waals surface area (Å²) in [6, 6.07) is 9.28. The van der Waals surface area contributed by atoms with Gasteiger partial charge in [-0.05, 0) is 12.1 Å². The number of carbonyl (C=O) groups excluding carboxylic acids is 1. The molecule has 1 aliphatic heterocycles. The first-order valence-corrected chi connectivity index (χ1v) is 5.98. The first-order chi connectivity index (χ1) is 8.66. The number of rotatable bonds is 4. The molecule has 2 N–H and O–H groups in total. The normalized spacial score (nSPS) is 23.1. The van der Waals surface area contributed by atoms with Crippen molar-refractivity contribution in [1.82, 2.24) is 4.90 Å². The number of hydrogen-bond acceptors (Lipinski definition) is 4. The smallest absolute Gasteiger partial charge is 0.226 e. The largest absolute Gasteiger partial charge is 0.493 e. The number of β-amino-alcohol motifs (C(OH)–C–C–N with tert-alkyl or cyclic N) is 2. The molecular formula is C13H17NO4. The molecule has 18 heavy (non-hydrogen) atoms. The molecule has 0 saturated carbocycles. The molecule has 1 heterocycles. The van der Waals surface area contributed by atoms with Gasteiger partial charge in [-0.25, -0.2) is 0 Å². The molecule has 5 heteroatoms. The van der Waals surface area contributed by atoms with Crippen molar-refractivity contribution >= 4 is 5.91 Å². The molecule has 1 aromatic carbocycles. The maximum atomic E-state index is 11.8. The molecule has 1 fully saturated rings. The lowest BCUT2D eigenvalue weighted by Crippen LogP contribution is -2.30. The summed E-state index contributed by atoms with van der Waals surface area (Å²) in [5, 5.41) is 18.7. The third-order valence-corrected chi connectivity index (χ3v) is 2.94. The van der Waals surface area contributed by atoms with Gasteiger partial charge in [-0.15, -0.1) is 0 Å². The van der Waals surface area contributed by atoms with Crippen LogP contribution in [0, 0.1) is 0 Å². The summed E-state index contributed by atoms with van der Waals surface area (Å²) in [6.07, 6.45) is -1.41. The molecule has 2 rings (SSSR count). The van der Waals surface area contributed by atoms with Crippen molar-refractivity contribution in [1.29, 1.82) is 0 Å². The number of ether oxygens (including phenoxy) is 1. The number of hydrogen-bond donors (Lipinski definition) is 2. The SMILES string of the molecule is O=C(CCOc1ccccc1)N1C[C@@H](O)[C@@H](O)C1. The monoisotopic (exact) mass is 251 g/mol. The Morgan fingerprint density at radius 2 is 1.83 bits per heavy atom. The molecule has 1 aromatic rings. The van der Waals surface area contributed by atoms with Gasteiger partial charge in [0.25, 0.3) is 0 Å². The molecule has 0 unspecified atom stereocenters. The number of carbonyl (C=O) groups is 1. The van der Waals surface area contributed by atoms with E-state index in [1.165, 1.54) is 4.90 Å². The van der Waals surface area contributed by atoms with E-state index >= 15 is 0 Å². The zero-order valence-corrected chi connectivity index (χ0v) is 10.0. The summed E-state index contributed by atoms with van der Waals surface area (Å²) in [5.74, 6) is 0.619. The quantitative estimate of drug-likeness (QED) is 0.791. The summed E-state index contributed by atoms with van der Waals surface area (Å²) in [4.78, 5) is 13.2. The lowest BCUT2D eigenvalue weighted by atomic mass is 10.3. The van der Waals surface area contributed by atoms with E-state index in [2.05, 4.69) is 0 Å². The fourth-order valence-corrected chi connectivity index (χ4v) is 1.90. The number of aliphatic hydroxyl groups is 2. The van der Waals surface area contributed by atoms with E-state index < -0.39 is 12.2 Å². The molecule has 2 atom stereocenters. The highest BCUT2D eigenvalue weighted by Crippen LogP contribution is 2.12. The van der Waals surface area contributed by atoms with Crippen LogP contribution in [0.15, 0.2) is 30.3 Å². The van der Waals surface area contributed by atoms with Crippen molar-refractivity contribution in [3.63, 3.8) is 0 Å². The third kappa shape index (κ3) is 3.21. The van der Waals surface area contributed by atoms with Gasteiger partial charge in [0.05, 0.1) is 25.2 Å². The van der Waals surface area contributed by atoms with Gasteiger partial charge in [-0.2, -0.15) is 0 Å². The van der Waals surface area contributed by atoms with Gasteiger partial charge < -0.3 is 19.8 Å². The van der Waals surface area contributed by atoms with E-state index in [4.69, 9.17) is 4.74 Å². The van der Waals surface area contributed by atoms with Crippen LogP contribution in [0.5, 0.6) is 5.75 Å². The summed E-state index contributed by atoms with van der Waals surface area (Å²) in [6.45, 7) is 0.697. The molecule has 98 valence electrons. The second-order valence-electron chi connectivity index (χ2n) is 4.34. The van der Waals surface area contributed by atoms with Crippen molar-refractivity contribution < 1.29 is 19.7 Å². The Bertz CT molecular complexity index is 385. The van der Waals surface area contributed by atoms with Crippen molar-refractivity contribution in [3.05, 3.63) is 30.3 Å². The minimum Gasteiger partial charge on any atom is -0.493 e. The second kappa shape index (κ2) is 5.84. The summed E-state index contributed by atoms with van der Waals surface area (Å²) in [5.41, 5.74) is 0. The second-order valence-corrected chi connectivity index (χ2v) is 4.34. The van der Waals surface area contributed by atoms with Gasteiger partial charge in [-0.3, -0.25) is 4.79 Å². The van der Waals surface area contributed by atoms with E-state index in [1.54, 1.807) is 0 Å². The van der Waals surface area contributed by atoms with Crippen molar-refractivity contribution in [2.45, 2.75) is 18.6 Å². The van der Waals surface area contributed by atoms with Gasteiger partial charge in [0.15, 0.2) is 0 Å². The lowest BCUT2D eigenvalue weighted by Gasteiger charge is -2.15. The van der Waals surface area contributed by atoms with Crippen LogP contribution in [0.2, 0.25) is 0 Å². The number of aliphatic hydroxyl groups excluding tert-OH is 2. The maximum Gasteiger partial charge on any atom is 0.226 e. The Morgan fingerprint density at radius 1 is 1.22 bits per heavy atom. The first-order valence-electron chi connectivity index (χ1n) is 5.98. The van der Waals surface area contributed by atoms with Crippen LogP contribution in [0.4, 0.5) is 0 Å². The van der Waals surface area contributed by atoms with Crippen LogP contribution in [-0.2, 0) is 4.79 Å².